The van der Waals surface area contributed by atoms with Crippen LogP contribution in [0, 0.1) is 0 Å². The first kappa shape index (κ1) is 16.2. The number of aromatic amines is 1. The van der Waals surface area contributed by atoms with Gasteiger partial charge in [0.15, 0.2) is 5.75 Å². The third-order valence-corrected chi connectivity index (χ3v) is 4.66. The van der Waals surface area contributed by atoms with Crippen LogP contribution in [0.1, 0.15) is 25.5 Å². The van der Waals surface area contributed by atoms with E-state index < -0.39 is 0 Å². The molecule has 0 atom stereocenters. The van der Waals surface area contributed by atoms with Gasteiger partial charge < -0.3 is 14.7 Å². The van der Waals surface area contributed by atoms with Gasteiger partial charge in [-0.2, -0.15) is 0 Å². The van der Waals surface area contributed by atoms with Gasteiger partial charge >= 0.3 is 0 Å². The Kier molecular flexibility index (Phi) is 3.88. The number of H-pyrrole nitrogens is 1. The average Bonchev–Trinajstić information content (AvgIpc) is 3.11. The summed E-state index contributed by atoms with van der Waals surface area (Å²) >= 11 is 0. The van der Waals surface area contributed by atoms with Crippen molar-refractivity contribution in [3.8, 4) is 22.6 Å². The lowest BCUT2D eigenvalue weighted by Gasteiger charge is -2.17. The number of hydrogen-bond acceptors (Lipinski definition) is 2. The predicted octanol–water partition coefficient (Wildman–Crippen LogP) is 4.81. The molecule has 0 amide bonds. The molecule has 2 heterocycles. The fourth-order valence-electron chi connectivity index (χ4n) is 3.27. The summed E-state index contributed by atoms with van der Waals surface area (Å²) in [5.41, 5.74) is 4.74. The number of rotatable bonds is 3. The normalized spacial score (nSPS) is 11.3. The number of nitrogens with one attached hydrogen (secondary N) is 1. The summed E-state index contributed by atoms with van der Waals surface area (Å²) in [5, 5.41) is 11.1. The molecule has 0 unspecified atom stereocenters. The molecule has 130 valence electrons. The van der Waals surface area contributed by atoms with Gasteiger partial charge in [0.05, 0.1) is 6.20 Å². The van der Waals surface area contributed by atoms with E-state index in [0.717, 1.165) is 33.4 Å². The van der Waals surface area contributed by atoms with Crippen LogP contribution >= 0.6 is 0 Å². The summed E-state index contributed by atoms with van der Waals surface area (Å²) in [6.45, 7) is 4.07. The molecule has 4 heteroatoms. The molecule has 2 aromatic heterocycles. The average molecular weight is 344 g/mol. The molecule has 2 N–H and O–H groups in total. The van der Waals surface area contributed by atoms with E-state index in [1.54, 1.807) is 0 Å². The Labute approximate surface area is 151 Å². The van der Waals surface area contributed by atoms with Crippen molar-refractivity contribution in [3.05, 3.63) is 82.9 Å². The first-order valence-corrected chi connectivity index (χ1v) is 8.66. The molecule has 26 heavy (non-hydrogen) atoms. The van der Waals surface area contributed by atoms with Crippen molar-refractivity contribution in [2.45, 2.75) is 19.8 Å². The zero-order valence-electron chi connectivity index (χ0n) is 14.7. The maximum atomic E-state index is 11.8. The lowest BCUT2D eigenvalue weighted by Crippen LogP contribution is -2.12. The van der Waals surface area contributed by atoms with Crippen LogP contribution in [-0.4, -0.2) is 14.7 Å². The molecule has 0 bridgehead atoms. The maximum Gasteiger partial charge on any atom is 0.223 e. The van der Waals surface area contributed by atoms with Gasteiger partial charge in [0.25, 0.3) is 0 Å². The highest BCUT2D eigenvalue weighted by Crippen LogP contribution is 2.27. The van der Waals surface area contributed by atoms with Crippen molar-refractivity contribution in [2.75, 3.05) is 0 Å². The van der Waals surface area contributed by atoms with Crippen LogP contribution in [0.25, 0.3) is 27.7 Å². The fraction of sp³-hybridized carbons (Fsp3) is 0.136. The van der Waals surface area contributed by atoms with E-state index in [-0.39, 0.29) is 17.1 Å². The molecule has 4 nitrogen and oxygen atoms in total. The monoisotopic (exact) mass is 344 g/mol. The van der Waals surface area contributed by atoms with Gasteiger partial charge in [-0.25, -0.2) is 0 Å². The second-order valence-electron chi connectivity index (χ2n) is 6.80. The first-order valence-electron chi connectivity index (χ1n) is 8.66. The molecule has 0 spiro atoms. The van der Waals surface area contributed by atoms with Crippen LogP contribution in [0.5, 0.6) is 5.75 Å². The number of hydrogen-bond donors (Lipinski definition) is 2. The summed E-state index contributed by atoms with van der Waals surface area (Å²) in [5.74, 6) is -0.0864. The number of pyridine rings is 1. The molecule has 0 saturated carbocycles. The molecule has 0 aliphatic heterocycles. The summed E-state index contributed by atoms with van der Waals surface area (Å²) in [6, 6.07) is 18.0. The fourth-order valence-corrected chi connectivity index (χ4v) is 3.27. The predicted molar refractivity (Wildman–Crippen MR) is 105 cm³/mol. The van der Waals surface area contributed by atoms with Crippen LogP contribution in [0.2, 0.25) is 0 Å². The van der Waals surface area contributed by atoms with Crippen LogP contribution in [0.3, 0.4) is 0 Å². The Balaban J connectivity index is 1.86. The van der Waals surface area contributed by atoms with Crippen LogP contribution in [0.15, 0.2) is 71.8 Å². The second-order valence-corrected chi connectivity index (χ2v) is 6.80. The van der Waals surface area contributed by atoms with E-state index in [4.69, 9.17) is 0 Å². The van der Waals surface area contributed by atoms with Crippen LogP contribution in [0.4, 0.5) is 0 Å². The molecular formula is C22H20N2O2. The summed E-state index contributed by atoms with van der Waals surface area (Å²) in [4.78, 5) is 15.1. The third kappa shape index (κ3) is 2.80. The highest BCUT2D eigenvalue weighted by atomic mass is 16.3. The van der Waals surface area contributed by atoms with Crippen LogP contribution < -0.4 is 5.43 Å². The minimum absolute atomic E-state index is 0.156. The van der Waals surface area contributed by atoms with Crippen molar-refractivity contribution in [2.24, 2.45) is 0 Å². The van der Waals surface area contributed by atoms with Gasteiger partial charge in [0.1, 0.15) is 0 Å². The topological polar surface area (TPSA) is 58.0 Å². The van der Waals surface area contributed by atoms with Gasteiger partial charge in [-0.15, -0.1) is 0 Å². The van der Waals surface area contributed by atoms with Gasteiger partial charge in [0.2, 0.25) is 5.43 Å². The third-order valence-electron chi connectivity index (χ3n) is 4.66. The second kappa shape index (κ2) is 6.23. The standard InChI is InChI=1S/C22H20N2O2/c1-14(2)20-12-21(25)22(26)13-24(20)18-5-3-4-15(11-18)16-6-7-19-17(10-16)8-9-23-19/h3-14,23,26H,1-2H3. The SMILES string of the molecule is CC(C)c1cc(=O)c(O)cn1-c1cccc(-c2ccc3[nH]ccc3c2)c1. The first-order chi connectivity index (χ1) is 12.5. The lowest BCUT2D eigenvalue weighted by molar-refractivity contribution is 0.463. The van der Waals surface area contributed by atoms with E-state index in [9.17, 15) is 9.90 Å². The zero-order chi connectivity index (χ0) is 18.3. The number of fused-ring (bicyclic) bond motifs is 1. The largest absolute Gasteiger partial charge is 0.503 e. The quantitative estimate of drug-likeness (QED) is 0.560. The molecule has 0 aliphatic rings. The number of nitrogens with zero attached hydrogens (tertiary/aromatic N) is 1. The smallest absolute Gasteiger partial charge is 0.223 e. The minimum Gasteiger partial charge on any atom is -0.503 e. The van der Waals surface area contributed by atoms with E-state index in [0.29, 0.717) is 0 Å². The van der Waals surface area contributed by atoms with Crippen molar-refractivity contribution in [1.29, 1.82) is 0 Å². The number of benzene rings is 2. The molecule has 0 saturated heterocycles. The molecule has 4 aromatic rings. The van der Waals surface area contributed by atoms with Gasteiger partial charge in [-0.1, -0.05) is 32.0 Å². The van der Waals surface area contributed by atoms with Crippen molar-refractivity contribution in [3.63, 3.8) is 0 Å². The van der Waals surface area contributed by atoms with E-state index >= 15 is 0 Å². The van der Waals surface area contributed by atoms with Gasteiger partial charge in [0, 0.05) is 29.2 Å². The van der Waals surface area contributed by atoms with Crippen molar-refractivity contribution >= 4 is 10.9 Å². The van der Waals surface area contributed by atoms with E-state index in [2.05, 4.69) is 41.4 Å². The zero-order valence-corrected chi connectivity index (χ0v) is 14.7. The summed E-state index contributed by atoms with van der Waals surface area (Å²) in [7, 11) is 0. The number of aromatic hydroxyl groups is 1. The summed E-state index contributed by atoms with van der Waals surface area (Å²) < 4.78 is 1.89. The van der Waals surface area contributed by atoms with E-state index in [1.165, 1.54) is 12.3 Å². The Morgan fingerprint density at radius 2 is 1.81 bits per heavy atom. The Hall–Kier alpha value is -3.27. The molecule has 2 aromatic carbocycles. The van der Waals surface area contributed by atoms with Crippen molar-refractivity contribution < 1.29 is 5.11 Å². The Bertz CT molecular complexity index is 1150. The Morgan fingerprint density at radius 3 is 2.62 bits per heavy atom. The van der Waals surface area contributed by atoms with Crippen LogP contribution in [-0.2, 0) is 0 Å². The minimum atomic E-state index is -0.348. The Morgan fingerprint density at radius 1 is 1.00 bits per heavy atom. The summed E-state index contributed by atoms with van der Waals surface area (Å²) in [6.07, 6.45) is 3.44. The van der Waals surface area contributed by atoms with Crippen molar-refractivity contribution in [1.82, 2.24) is 9.55 Å². The molecule has 0 aliphatic carbocycles. The molecule has 4 rings (SSSR count). The highest BCUT2D eigenvalue weighted by molar-refractivity contribution is 5.85. The molecule has 0 fully saturated rings. The van der Waals surface area contributed by atoms with E-state index in [1.807, 2.05) is 36.7 Å². The van der Waals surface area contributed by atoms with Gasteiger partial charge in [-0.3, -0.25) is 4.79 Å². The van der Waals surface area contributed by atoms with Gasteiger partial charge in [-0.05, 0) is 52.8 Å². The highest BCUT2D eigenvalue weighted by Gasteiger charge is 2.11. The molecular weight excluding hydrogens is 324 g/mol. The molecule has 0 radical (unpaired) electrons. The maximum absolute atomic E-state index is 11.8. The lowest BCUT2D eigenvalue weighted by atomic mass is 10.0. The number of aromatic nitrogens is 2.